The maximum atomic E-state index is 13.4. The number of ketones is 1. The van der Waals surface area contributed by atoms with Crippen LogP contribution in [0.3, 0.4) is 0 Å². The summed E-state index contributed by atoms with van der Waals surface area (Å²) in [4.78, 5) is 32.0. The van der Waals surface area contributed by atoms with Gasteiger partial charge in [-0.15, -0.1) is 11.3 Å². The molecule has 0 saturated carbocycles. The fraction of sp³-hybridized carbons (Fsp3) is 0.174. The zero-order valence-corrected chi connectivity index (χ0v) is 18.0. The predicted octanol–water partition coefficient (Wildman–Crippen LogP) is 4.47. The van der Waals surface area contributed by atoms with E-state index in [0.29, 0.717) is 32.8 Å². The van der Waals surface area contributed by atoms with Gasteiger partial charge in [0.2, 0.25) is 0 Å². The Bertz CT molecular complexity index is 1340. The van der Waals surface area contributed by atoms with Crippen LogP contribution in [0.5, 0.6) is 11.5 Å². The summed E-state index contributed by atoms with van der Waals surface area (Å²) in [7, 11) is 3.01. The zero-order valence-electron chi connectivity index (χ0n) is 17.1. The lowest BCUT2D eigenvalue weighted by Gasteiger charge is -2.10. The van der Waals surface area contributed by atoms with E-state index in [1.54, 1.807) is 30.3 Å². The van der Waals surface area contributed by atoms with Gasteiger partial charge in [-0.3, -0.25) is 14.2 Å². The first-order valence-electron chi connectivity index (χ1n) is 9.42. The number of methoxy groups -OCH3 is 2. The van der Waals surface area contributed by atoms with Gasteiger partial charge in [0.1, 0.15) is 10.6 Å². The number of thiophene rings is 1. The minimum atomic E-state index is -0.350. The van der Waals surface area contributed by atoms with Gasteiger partial charge in [-0.25, -0.2) is 9.37 Å². The van der Waals surface area contributed by atoms with Crippen molar-refractivity contribution in [3.8, 4) is 22.6 Å². The Labute approximate surface area is 181 Å². The lowest BCUT2D eigenvalue weighted by atomic mass is 10.0. The minimum Gasteiger partial charge on any atom is -0.493 e. The summed E-state index contributed by atoms with van der Waals surface area (Å²) in [5.41, 5.74) is 1.52. The molecule has 0 amide bonds. The van der Waals surface area contributed by atoms with E-state index in [0.717, 1.165) is 10.4 Å². The molecule has 0 aliphatic carbocycles. The van der Waals surface area contributed by atoms with Crippen molar-refractivity contribution in [1.82, 2.24) is 9.55 Å². The Balaban J connectivity index is 1.75. The second-order valence-electron chi connectivity index (χ2n) is 6.89. The number of hydrogen-bond acceptors (Lipinski definition) is 6. The van der Waals surface area contributed by atoms with Gasteiger partial charge in [0.15, 0.2) is 17.3 Å². The molecular weight excluding hydrogens is 419 g/mol. The minimum absolute atomic E-state index is 0.172. The smallest absolute Gasteiger partial charge is 0.263 e. The predicted molar refractivity (Wildman–Crippen MR) is 118 cm³/mol. The normalized spacial score (nSPS) is 11.0. The van der Waals surface area contributed by atoms with E-state index in [4.69, 9.17) is 9.47 Å². The standard InChI is InChI=1S/C23H19FN2O4S/c1-13-20(14-4-7-16(24)8-5-14)21-22(31-13)25-12-26(23(21)28)11-17(27)15-6-9-18(29-2)19(10-15)30-3/h4-10,12H,11H2,1-3H3. The number of aryl methyl sites for hydroxylation is 1. The summed E-state index contributed by atoms with van der Waals surface area (Å²) in [6.45, 7) is 1.72. The van der Waals surface area contributed by atoms with E-state index in [1.165, 1.54) is 48.6 Å². The number of rotatable bonds is 6. The molecule has 4 aromatic rings. The van der Waals surface area contributed by atoms with Crippen molar-refractivity contribution in [2.24, 2.45) is 0 Å². The van der Waals surface area contributed by atoms with Crippen molar-refractivity contribution in [3.63, 3.8) is 0 Å². The van der Waals surface area contributed by atoms with Gasteiger partial charge in [-0.1, -0.05) is 12.1 Å². The number of benzene rings is 2. The molecule has 4 rings (SSSR count). The molecule has 0 saturated heterocycles. The summed E-state index contributed by atoms with van der Waals surface area (Å²) in [5, 5.41) is 0.428. The first kappa shape index (κ1) is 20.7. The van der Waals surface area contributed by atoms with Gasteiger partial charge in [0.05, 0.1) is 32.5 Å². The fourth-order valence-electron chi connectivity index (χ4n) is 3.47. The molecule has 0 fully saturated rings. The molecule has 0 bridgehead atoms. The molecular formula is C23H19FN2O4S. The van der Waals surface area contributed by atoms with Gasteiger partial charge in [-0.05, 0) is 42.8 Å². The third kappa shape index (κ3) is 3.82. The molecule has 2 aromatic heterocycles. The average Bonchev–Trinajstić information content (AvgIpc) is 3.12. The molecule has 0 aliphatic rings. The molecule has 0 atom stereocenters. The molecule has 8 heteroatoms. The van der Waals surface area contributed by atoms with Crippen LogP contribution >= 0.6 is 11.3 Å². The van der Waals surface area contributed by atoms with Crippen molar-refractivity contribution < 1.29 is 18.7 Å². The molecule has 0 unspecified atom stereocenters. The van der Waals surface area contributed by atoms with E-state index in [9.17, 15) is 14.0 Å². The molecule has 0 N–H and O–H groups in total. The molecule has 0 aliphatic heterocycles. The lowest BCUT2D eigenvalue weighted by molar-refractivity contribution is 0.0970. The number of carbonyl (C=O) groups excluding carboxylic acids is 1. The summed E-state index contributed by atoms with van der Waals surface area (Å²) in [5.74, 6) is 0.329. The van der Waals surface area contributed by atoms with E-state index in [2.05, 4.69) is 4.98 Å². The zero-order chi connectivity index (χ0) is 22.1. The summed E-state index contributed by atoms with van der Waals surface area (Å²) >= 11 is 1.39. The maximum Gasteiger partial charge on any atom is 0.263 e. The van der Waals surface area contributed by atoms with E-state index in [-0.39, 0.29) is 23.7 Å². The number of Topliss-reactive ketones (excluding diaryl/α,β-unsaturated/α-hetero) is 1. The Morgan fingerprint density at radius 3 is 2.48 bits per heavy atom. The van der Waals surface area contributed by atoms with Crippen molar-refractivity contribution in [1.29, 1.82) is 0 Å². The summed E-state index contributed by atoms with van der Waals surface area (Å²) in [6.07, 6.45) is 1.38. The SMILES string of the molecule is COc1ccc(C(=O)Cn2cnc3sc(C)c(-c4ccc(F)cc4)c3c2=O)cc1OC. The van der Waals surface area contributed by atoms with Crippen LogP contribution in [0.2, 0.25) is 0 Å². The highest BCUT2D eigenvalue weighted by Crippen LogP contribution is 2.35. The first-order valence-corrected chi connectivity index (χ1v) is 10.2. The van der Waals surface area contributed by atoms with Crippen molar-refractivity contribution in [2.45, 2.75) is 13.5 Å². The number of aromatic nitrogens is 2. The monoisotopic (exact) mass is 438 g/mol. The Morgan fingerprint density at radius 1 is 1.10 bits per heavy atom. The van der Waals surface area contributed by atoms with Gasteiger partial charge >= 0.3 is 0 Å². The second kappa shape index (κ2) is 8.31. The number of ether oxygens (including phenoxy) is 2. The summed E-state index contributed by atoms with van der Waals surface area (Å²) in [6, 6.07) is 10.8. The molecule has 31 heavy (non-hydrogen) atoms. The first-order chi connectivity index (χ1) is 14.9. The Hall–Kier alpha value is -3.52. The van der Waals surface area contributed by atoms with Crippen LogP contribution in [-0.2, 0) is 6.54 Å². The van der Waals surface area contributed by atoms with Crippen molar-refractivity contribution in [3.05, 3.63) is 75.4 Å². The highest BCUT2D eigenvalue weighted by Gasteiger charge is 2.19. The topological polar surface area (TPSA) is 70.4 Å². The van der Waals surface area contributed by atoms with Crippen LogP contribution in [0, 0.1) is 12.7 Å². The number of hydrogen-bond donors (Lipinski definition) is 0. The highest BCUT2D eigenvalue weighted by atomic mass is 32.1. The second-order valence-corrected chi connectivity index (χ2v) is 8.09. The van der Waals surface area contributed by atoms with E-state index < -0.39 is 0 Å². The summed E-state index contributed by atoms with van der Waals surface area (Å²) < 4.78 is 25.1. The molecule has 6 nitrogen and oxygen atoms in total. The van der Waals surface area contributed by atoms with Crippen LogP contribution in [0.15, 0.2) is 53.6 Å². The maximum absolute atomic E-state index is 13.4. The van der Waals surface area contributed by atoms with Crippen LogP contribution < -0.4 is 15.0 Å². The largest absolute Gasteiger partial charge is 0.493 e. The third-order valence-corrected chi connectivity index (χ3v) is 6.02. The number of fused-ring (bicyclic) bond motifs is 1. The molecule has 0 spiro atoms. The molecule has 2 aromatic carbocycles. The van der Waals surface area contributed by atoms with Crippen molar-refractivity contribution >= 4 is 27.3 Å². The molecule has 2 heterocycles. The third-order valence-electron chi connectivity index (χ3n) is 5.01. The number of nitrogens with zero attached hydrogens (tertiary/aromatic N) is 2. The molecule has 158 valence electrons. The Morgan fingerprint density at radius 2 is 1.81 bits per heavy atom. The van der Waals surface area contributed by atoms with Crippen molar-refractivity contribution in [2.75, 3.05) is 14.2 Å². The van der Waals surface area contributed by atoms with Crippen LogP contribution in [0.25, 0.3) is 21.3 Å². The van der Waals surface area contributed by atoms with E-state index in [1.807, 2.05) is 6.92 Å². The van der Waals surface area contributed by atoms with Gasteiger partial charge in [-0.2, -0.15) is 0 Å². The Kier molecular flexibility index (Phi) is 5.56. The quantitative estimate of drug-likeness (QED) is 0.416. The van der Waals surface area contributed by atoms with Crippen LogP contribution in [0.4, 0.5) is 4.39 Å². The van der Waals surface area contributed by atoms with E-state index >= 15 is 0 Å². The van der Waals surface area contributed by atoms with Gasteiger partial charge in [0.25, 0.3) is 5.56 Å². The highest BCUT2D eigenvalue weighted by molar-refractivity contribution is 7.19. The fourth-order valence-corrected chi connectivity index (χ4v) is 4.47. The van der Waals surface area contributed by atoms with Crippen LogP contribution in [-0.4, -0.2) is 29.6 Å². The lowest BCUT2D eigenvalue weighted by Crippen LogP contribution is -2.24. The van der Waals surface area contributed by atoms with Gasteiger partial charge in [0, 0.05) is 16.0 Å². The average molecular weight is 438 g/mol. The number of halogens is 1. The van der Waals surface area contributed by atoms with Crippen LogP contribution in [0.1, 0.15) is 15.2 Å². The van der Waals surface area contributed by atoms with Gasteiger partial charge < -0.3 is 9.47 Å². The number of carbonyl (C=O) groups is 1. The molecule has 0 radical (unpaired) electrons.